The van der Waals surface area contributed by atoms with Gasteiger partial charge in [-0.15, -0.1) is 12.4 Å². The van der Waals surface area contributed by atoms with Crippen molar-refractivity contribution in [1.82, 2.24) is 15.1 Å². The lowest BCUT2D eigenvalue weighted by Crippen LogP contribution is -2.45. The summed E-state index contributed by atoms with van der Waals surface area (Å²) in [6.07, 6.45) is 9.46. The first-order chi connectivity index (χ1) is 12.7. The third kappa shape index (κ3) is 5.71. The average Bonchev–Trinajstić information content (AvgIpc) is 3.16. The summed E-state index contributed by atoms with van der Waals surface area (Å²) in [5, 5.41) is 7.43. The number of nitrogens with zero attached hydrogens (tertiary/aromatic N) is 2. The summed E-state index contributed by atoms with van der Waals surface area (Å²) in [7, 11) is 1.65. The van der Waals surface area contributed by atoms with E-state index in [1.165, 1.54) is 19.3 Å². The van der Waals surface area contributed by atoms with Crippen LogP contribution in [0.1, 0.15) is 48.0 Å². The molecule has 1 aromatic heterocycles. The van der Waals surface area contributed by atoms with E-state index >= 15 is 0 Å². The first-order valence-corrected chi connectivity index (χ1v) is 9.36. The van der Waals surface area contributed by atoms with Crippen molar-refractivity contribution in [2.45, 2.75) is 44.7 Å². The molecule has 27 heavy (non-hydrogen) atoms. The van der Waals surface area contributed by atoms with Crippen LogP contribution in [0.4, 0.5) is 0 Å². The molecule has 7 heteroatoms. The monoisotopic (exact) mass is 392 g/mol. The highest BCUT2D eigenvalue weighted by Gasteiger charge is 2.24. The Morgan fingerprint density at radius 1 is 1.30 bits per heavy atom. The van der Waals surface area contributed by atoms with E-state index in [1.54, 1.807) is 24.2 Å². The molecule has 1 fully saturated rings. The number of carbonyl (C=O) groups is 1. The molecule has 0 aliphatic heterocycles. The number of nitrogens with one attached hydrogen (secondary N) is 1. The fraction of sp³-hybridized carbons (Fsp3) is 0.500. The quantitative estimate of drug-likeness (QED) is 0.758. The lowest BCUT2D eigenvalue weighted by molar-refractivity contribution is 0.0915. The Bertz CT molecular complexity index is 711. The predicted octanol–water partition coefficient (Wildman–Crippen LogP) is 3.00. The first-order valence-electron chi connectivity index (χ1n) is 9.36. The van der Waals surface area contributed by atoms with Gasteiger partial charge in [0, 0.05) is 18.8 Å². The number of hydrogen-bond acceptors (Lipinski definition) is 4. The fourth-order valence-electron chi connectivity index (χ4n) is 3.64. The summed E-state index contributed by atoms with van der Waals surface area (Å²) in [5.41, 5.74) is 7.59. The predicted molar refractivity (Wildman–Crippen MR) is 108 cm³/mol. The zero-order chi connectivity index (χ0) is 18.4. The molecule has 1 amide bonds. The second-order valence-electron chi connectivity index (χ2n) is 6.99. The van der Waals surface area contributed by atoms with Crippen LogP contribution in [0.3, 0.4) is 0 Å². The summed E-state index contributed by atoms with van der Waals surface area (Å²) in [6, 6.07) is 7.87. The summed E-state index contributed by atoms with van der Waals surface area (Å²) < 4.78 is 6.94. The molecule has 6 nitrogen and oxygen atoms in total. The van der Waals surface area contributed by atoms with Gasteiger partial charge in [-0.1, -0.05) is 31.4 Å². The van der Waals surface area contributed by atoms with Crippen molar-refractivity contribution in [1.29, 1.82) is 0 Å². The van der Waals surface area contributed by atoms with Gasteiger partial charge in [-0.05, 0) is 36.5 Å². The van der Waals surface area contributed by atoms with Crippen molar-refractivity contribution in [3.63, 3.8) is 0 Å². The maximum atomic E-state index is 12.6. The van der Waals surface area contributed by atoms with Crippen LogP contribution in [0.5, 0.6) is 5.75 Å². The highest BCUT2D eigenvalue weighted by atomic mass is 35.5. The number of carbonyl (C=O) groups excluding carboxylic acids is 1. The number of amides is 1. The van der Waals surface area contributed by atoms with E-state index in [0.29, 0.717) is 24.6 Å². The Balaban J connectivity index is 0.00000261. The minimum atomic E-state index is -0.0907. The van der Waals surface area contributed by atoms with E-state index in [9.17, 15) is 4.79 Å². The number of hydrogen-bond donors (Lipinski definition) is 2. The molecular weight excluding hydrogens is 364 g/mol. The SMILES string of the molecule is COc1ccc(Cn2cc(C(=O)NC(CN)C3CCCCC3)cn2)cc1.Cl. The minimum absolute atomic E-state index is 0. The number of benzene rings is 1. The van der Waals surface area contributed by atoms with Gasteiger partial charge in [0.25, 0.3) is 5.91 Å². The maximum Gasteiger partial charge on any atom is 0.254 e. The van der Waals surface area contributed by atoms with E-state index in [-0.39, 0.29) is 24.4 Å². The van der Waals surface area contributed by atoms with Crippen molar-refractivity contribution in [3.05, 3.63) is 47.8 Å². The molecule has 3 rings (SSSR count). The van der Waals surface area contributed by atoms with Crippen LogP contribution in [0, 0.1) is 5.92 Å². The van der Waals surface area contributed by atoms with E-state index in [1.807, 2.05) is 24.3 Å². The standard InChI is InChI=1S/C20H28N4O2.ClH/c1-26-18-9-7-15(8-10-18)13-24-14-17(12-22-24)20(25)23-19(11-21)16-5-3-2-4-6-16;/h7-10,12,14,16,19H,2-6,11,13,21H2,1H3,(H,23,25);1H. The number of methoxy groups -OCH3 is 1. The molecule has 0 spiro atoms. The van der Waals surface area contributed by atoms with Crippen molar-refractivity contribution < 1.29 is 9.53 Å². The molecule has 148 valence electrons. The van der Waals surface area contributed by atoms with E-state index in [2.05, 4.69) is 10.4 Å². The van der Waals surface area contributed by atoms with Gasteiger partial charge in [-0.3, -0.25) is 9.48 Å². The molecular formula is C20H29ClN4O2. The number of aromatic nitrogens is 2. The summed E-state index contributed by atoms with van der Waals surface area (Å²) in [5.74, 6) is 1.23. The van der Waals surface area contributed by atoms with Crippen LogP contribution >= 0.6 is 12.4 Å². The van der Waals surface area contributed by atoms with Crippen molar-refractivity contribution in [2.24, 2.45) is 11.7 Å². The maximum absolute atomic E-state index is 12.6. The molecule has 1 heterocycles. The smallest absolute Gasteiger partial charge is 0.254 e. The van der Waals surface area contributed by atoms with Gasteiger partial charge in [0.05, 0.1) is 25.4 Å². The largest absolute Gasteiger partial charge is 0.497 e. The zero-order valence-electron chi connectivity index (χ0n) is 15.8. The minimum Gasteiger partial charge on any atom is -0.497 e. The molecule has 0 saturated heterocycles. The molecule has 0 radical (unpaired) electrons. The van der Waals surface area contributed by atoms with Crippen molar-refractivity contribution in [3.8, 4) is 5.75 Å². The molecule has 3 N–H and O–H groups in total. The fourth-order valence-corrected chi connectivity index (χ4v) is 3.64. The van der Waals surface area contributed by atoms with Gasteiger partial charge >= 0.3 is 0 Å². The number of ether oxygens (including phenoxy) is 1. The van der Waals surface area contributed by atoms with Gasteiger partial charge in [0.1, 0.15) is 5.75 Å². The lowest BCUT2D eigenvalue weighted by Gasteiger charge is -2.29. The number of rotatable bonds is 7. The van der Waals surface area contributed by atoms with Crippen LogP contribution in [-0.4, -0.2) is 35.4 Å². The molecule has 1 aliphatic rings. The normalized spacial score (nSPS) is 15.6. The summed E-state index contributed by atoms with van der Waals surface area (Å²) >= 11 is 0. The van der Waals surface area contributed by atoms with Gasteiger partial charge < -0.3 is 15.8 Å². The van der Waals surface area contributed by atoms with Crippen LogP contribution in [0.15, 0.2) is 36.7 Å². The van der Waals surface area contributed by atoms with Crippen LogP contribution < -0.4 is 15.8 Å². The van der Waals surface area contributed by atoms with Crippen LogP contribution in [0.2, 0.25) is 0 Å². The summed E-state index contributed by atoms with van der Waals surface area (Å²) in [6.45, 7) is 1.09. The topological polar surface area (TPSA) is 82.2 Å². The molecule has 0 bridgehead atoms. The summed E-state index contributed by atoms with van der Waals surface area (Å²) in [4.78, 5) is 12.6. The molecule has 1 aromatic carbocycles. The molecule has 2 aromatic rings. The van der Waals surface area contributed by atoms with E-state index < -0.39 is 0 Å². The number of nitrogens with two attached hydrogens (primary N) is 1. The van der Waals surface area contributed by atoms with Crippen LogP contribution in [0.25, 0.3) is 0 Å². The second-order valence-corrected chi connectivity index (χ2v) is 6.99. The van der Waals surface area contributed by atoms with E-state index in [4.69, 9.17) is 10.5 Å². The number of halogens is 1. The highest BCUT2D eigenvalue weighted by molar-refractivity contribution is 5.93. The lowest BCUT2D eigenvalue weighted by atomic mass is 9.84. The first kappa shape index (κ1) is 21.3. The molecule has 1 saturated carbocycles. The highest BCUT2D eigenvalue weighted by Crippen LogP contribution is 2.26. The average molecular weight is 393 g/mol. The molecule has 1 unspecified atom stereocenters. The van der Waals surface area contributed by atoms with Crippen LogP contribution in [-0.2, 0) is 6.54 Å². The molecule has 1 atom stereocenters. The third-order valence-corrected chi connectivity index (χ3v) is 5.19. The van der Waals surface area contributed by atoms with Crippen molar-refractivity contribution >= 4 is 18.3 Å². The Kier molecular flexibility index (Phi) is 8.13. The van der Waals surface area contributed by atoms with Gasteiger partial charge in [0.2, 0.25) is 0 Å². The zero-order valence-corrected chi connectivity index (χ0v) is 16.6. The Morgan fingerprint density at radius 3 is 2.63 bits per heavy atom. The molecule has 1 aliphatic carbocycles. The Morgan fingerprint density at radius 2 is 2.00 bits per heavy atom. The van der Waals surface area contributed by atoms with Crippen molar-refractivity contribution in [2.75, 3.05) is 13.7 Å². The van der Waals surface area contributed by atoms with Gasteiger partial charge in [-0.25, -0.2) is 0 Å². The second kappa shape index (κ2) is 10.3. The van der Waals surface area contributed by atoms with Gasteiger partial charge in [-0.2, -0.15) is 5.10 Å². The third-order valence-electron chi connectivity index (χ3n) is 5.19. The Labute approximate surface area is 166 Å². The van der Waals surface area contributed by atoms with Gasteiger partial charge in [0.15, 0.2) is 0 Å². The Hall–Kier alpha value is -2.05. The van der Waals surface area contributed by atoms with E-state index in [0.717, 1.165) is 24.2 Å².